The summed E-state index contributed by atoms with van der Waals surface area (Å²) in [5, 5.41) is 27.6. The Hall–Kier alpha value is -4.70. The Kier molecular flexibility index (Phi) is 5.86. The minimum Gasteiger partial charge on any atom is -0.258 e. The van der Waals surface area contributed by atoms with E-state index < -0.39 is 4.92 Å². The van der Waals surface area contributed by atoms with Gasteiger partial charge in [-0.1, -0.05) is 42.5 Å². The van der Waals surface area contributed by atoms with Gasteiger partial charge in [0.1, 0.15) is 5.69 Å². The average Bonchev–Trinajstić information content (AvgIpc) is 3.47. The van der Waals surface area contributed by atoms with Crippen molar-refractivity contribution in [1.82, 2.24) is 24.7 Å². The number of hydrogen-bond donors (Lipinski definition) is 1. The molecule has 0 aliphatic heterocycles. The second-order valence-electron chi connectivity index (χ2n) is 7.74. The summed E-state index contributed by atoms with van der Waals surface area (Å²) in [5.74, 6) is 0.594. The number of non-ortho nitro benzene ring substituents is 1. The minimum absolute atomic E-state index is 0.0130. The fourth-order valence-corrected chi connectivity index (χ4v) is 3.86. The van der Waals surface area contributed by atoms with Gasteiger partial charge in [-0.15, -0.1) is 0 Å². The Bertz CT molecular complexity index is 1600. The maximum atomic E-state index is 11.1. The smallest absolute Gasteiger partial charge is 0.258 e. The zero-order chi connectivity index (χ0) is 24.4. The van der Waals surface area contributed by atoms with Crippen LogP contribution in [0.5, 0.6) is 0 Å². The lowest BCUT2D eigenvalue weighted by atomic mass is 10.1. The highest BCUT2D eigenvalue weighted by atomic mass is 32.1. The van der Waals surface area contributed by atoms with Crippen LogP contribution in [0.4, 0.5) is 5.69 Å². The number of aromatic amines is 1. The second kappa shape index (κ2) is 9.27. The number of nitrogens with zero attached hydrogens (tertiary/aromatic N) is 6. The van der Waals surface area contributed by atoms with Crippen LogP contribution in [0.2, 0.25) is 0 Å². The summed E-state index contributed by atoms with van der Waals surface area (Å²) in [6.07, 6.45) is 3.52. The van der Waals surface area contributed by atoms with Gasteiger partial charge in [-0.2, -0.15) is 20.0 Å². The van der Waals surface area contributed by atoms with Gasteiger partial charge in [0.2, 0.25) is 4.77 Å². The molecule has 0 fully saturated rings. The average molecular weight is 482 g/mol. The topological polar surface area (TPSA) is 107 Å². The van der Waals surface area contributed by atoms with Gasteiger partial charge < -0.3 is 0 Å². The van der Waals surface area contributed by atoms with Crippen molar-refractivity contribution in [1.29, 1.82) is 0 Å². The molecule has 0 unspecified atom stereocenters. The molecule has 10 heteroatoms. The summed E-state index contributed by atoms with van der Waals surface area (Å²) in [7, 11) is 0. The molecule has 0 radical (unpaired) electrons. The van der Waals surface area contributed by atoms with Crippen molar-refractivity contribution in [3.63, 3.8) is 0 Å². The van der Waals surface area contributed by atoms with Crippen LogP contribution in [0, 0.1) is 21.8 Å². The summed E-state index contributed by atoms with van der Waals surface area (Å²) in [6.45, 7) is 2.00. The molecule has 0 saturated heterocycles. The molecular weight excluding hydrogens is 462 g/mol. The van der Waals surface area contributed by atoms with Gasteiger partial charge in [0.05, 0.1) is 16.8 Å². The quantitative estimate of drug-likeness (QED) is 0.148. The molecule has 9 nitrogen and oxygen atoms in total. The lowest BCUT2D eigenvalue weighted by molar-refractivity contribution is -0.384. The highest BCUT2D eigenvalue weighted by molar-refractivity contribution is 7.71. The van der Waals surface area contributed by atoms with E-state index in [1.807, 2.05) is 67.7 Å². The van der Waals surface area contributed by atoms with E-state index in [0.717, 1.165) is 22.4 Å². The lowest BCUT2D eigenvalue weighted by Gasteiger charge is -2.04. The first kappa shape index (κ1) is 22.1. The maximum absolute atomic E-state index is 11.1. The van der Waals surface area contributed by atoms with E-state index >= 15 is 0 Å². The minimum atomic E-state index is -0.428. The SMILES string of the molecule is Cc1ccccc1-c1n[nH]c(=S)n1/N=C/c1cn(-c2ccccc2)nc1-c1ccc([N+](=O)[O-])cc1. The number of rotatable bonds is 6. The summed E-state index contributed by atoms with van der Waals surface area (Å²) in [6, 6.07) is 23.8. The van der Waals surface area contributed by atoms with E-state index in [0.29, 0.717) is 21.9 Å². The van der Waals surface area contributed by atoms with Gasteiger partial charge in [0, 0.05) is 35.0 Å². The number of nitro benzene ring substituents is 1. The van der Waals surface area contributed by atoms with E-state index in [4.69, 9.17) is 17.3 Å². The molecule has 0 aliphatic carbocycles. The van der Waals surface area contributed by atoms with Crippen LogP contribution in [-0.2, 0) is 0 Å². The molecule has 0 atom stereocenters. The van der Waals surface area contributed by atoms with Crippen LogP contribution in [-0.4, -0.2) is 35.8 Å². The first-order valence-corrected chi connectivity index (χ1v) is 11.1. The zero-order valence-corrected chi connectivity index (χ0v) is 19.4. The van der Waals surface area contributed by atoms with E-state index in [2.05, 4.69) is 15.3 Å². The van der Waals surface area contributed by atoms with Crippen LogP contribution in [0.25, 0.3) is 28.3 Å². The molecule has 0 amide bonds. The molecule has 0 bridgehead atoms. The Morgan fingerprint density at radius 1 is 1.03 bits per heavy atom. The molecule has 0 saturated carbocycles. The fraction of sp³-hybridized carbons (Fsp3) is 0.0400. The molecule has 5 rings (SSSR count). The fourth-order valence-electron chi connectivity index (χ4n) is 3.68. The Labute approximate surface area is 205 Å². The Balaban J connectivity index is 1.60. The monoisotopic (exact) mass is 481 g/mol. The Morgan fingerprint density at radius 2 is 1.74 bits per heavy atom. The first-order valence-electron chi connectivity index (χ1n) is 10.7. The lowest BCUT2D eigenvalue weighted by Crippen LogP contribution is -1.96. The molecule has 2 heterocycles. The molecule has 1 N–H and O–H groups in total. The van der Waals surface area contributed by atoms with E-state index in [-0.39, 0.29) is 5.69 Å². The van der Waals surface area contributed by atoms with Crippen molar-refractivity contribution >= 4 is 24.1 Å². The zero-order valence-electron chi connectivity index (χ0n) is 18.6. The molecule has 172 valence electrons. The standard InChI is InChI=1S/C25H19N7O2S/c1-17-7-5-6-10-22(17)24-27-28-25(35)31(24)26-15-19-16-30(20-8-3-2-4-9-20)29-23(19)18-11-13-21(14-12-18)32(33)34/h2-16H,1H3,(H,28,35)/b26-15+. The van der Waals surface area contributed by atoms with Crippen LogP contribution >= 0.6 is 12.2 Å². The van der Waals surface area contributed by atoms with Gasteiger partial charge >= 0.3 is 0 Å². The predicted molar refractivity (Wildman–Crippen MR) is 136 cm³/mol. The van der Waals surface area contributed by atoms with Gasteiger partial charge in [0.25, 0.3) is 5.69 Å². The number of nitro groups is 1. The van der Waals surface area contributed by atoms with Gasteiger partial charge in [-0.25, -0.2) is 9.78 Å². The molecule has 0 spiro atoms. The summed E-state index contributed by atoms with van der Waals surface area (Å²) in [4.78, 5) is 10.7. The number of aryl methyl sites for hydroxylation is 1. The van der Waals surface area contributed by atoms with Crippen LogP contribution in [0.1, 0.15) is 11.1 Å². The van der Waals surface area contributed by atoms with E-state index in [1.54, 1.807) is 27.7 Å². The van der Waals surface area contributed by atoms with Crippen molar-refractivity contribution < 1.29 is 4.92 Å². The first-order chi connectivity index (χ1) is 17.0. The van der Waals surface area contributed by atoms with Crippen LogP contribution in [0.3, 0.4) is 0 Å². The molecule has 35 heavy (non-hydrogen) atoms. The third-order valence-corrected chi connectivity index (χ3v) is 5.73. The van der Waals surface area contributed by atoms with Gasteiger partial charge in [-0.3, -0.25) is 10.1 Å². The van der Waals surface area contributed by atoms with Crippen molar-refractivity contribution in [2.24, 2.45) is 5.10 Å². The van der Waals surface area contributed by atoms with E-state index in [1.165, 1.54) is 12.1 Å². The van der Waals surface area contributed by atoms with Gasteiger partial charge in [0.15, 0.2) is 5.82 Å². The molecule has 0 aliphatic rings. The highest BCUT2D eigenvalue weighted by Gasteiger charge is 2.15. The van der Waals surface area contributed by atoms with Crippen molar-refractivity contribution in [3.05, 3.63) is 111 Å². The Morgan fingerprint density at radius 3 is 2.46 bits per heavy atom. The molecular formula is C25H19N7O2S. The number of para-hydroxylation sites is 1. The predicted octanol–water partition coefficient (Wildman–Crippen LogP) is 5.56. The number of benzene rings is 3. The van der Waals surface area contributed by atoms with Crippen molar-refractivity contribution in [3.8, 4) is 28.3 Å². The summed E-state index contributed by atoms with van der Waals surface area (Å²) in [5.41, 5.74) is 4.90. The molecule has 5 aromatic rings. The maximum Gasteiger partial charge on any atom is 0.269 e. The van der Waals surface area contributed by atoms with Crippen molar-refractivity contribution in [2.45, 2.75) is 6.92 Å². The number of H-pyrrole nitrogens is 1. The van der Waals surface area contributed by atoms with Crippen LogP contribution < -0.4 is 0 Å². The molecule has 2 aromatic heterocycles. The summed E-state index contributed by atoms with van der Waals surface area (Å²) >= 11 is 5.42. The van der Waals surface area contributed by atoms with Crippen LogP contribution in [0.15, 0.2) is 90.2 Å². The molecule has 3 aromatic carbocycles. The third-order valence-electron chi connectivity index (χ3n) is 5.46. The normalized spacial score (nSPS) is 11.2. The number of hydrogen-bond acceptors (Lipinski definition) is 6. The second-order valence-corrected chi connectivity index (χ2v) is 8.13. The number of aromatic nitrogens is 5. The number of nitrogens with one attached hydrogen (secondary N) is 1. The summed E-state index contributed by atoms with van der Waals surface area (Å²) < 4.78 is 3.67. The largest absolute Gasteiger partial charge is 0.269 e. The van der Waals surface area contributed by atoms with E-state index in [9.17, 15) is 10.1 Å². The van der Waals surface area contributed by atoms with Gasteiger partial charge in [-0.05, 0) is 49.0 Å². The third kappa shape index (κ3) is 4.42. The highest BCUT2D eigenvalue weighted by Crippen LogP contribution is 2.26. The van der Waals surface area contributed by atoms with Crippen molar-refractivity contribution in [2.75, 3.05) is 0 Å².